The number of pyridine rings is 2. The minimum absolute atomic E-state index is 0.0119. The van der Waals surface area contributed by atoms with Crippen molar-refractivity contribution in [2.24, 2.45) is 0 Å². The predicted octanol–water partition coefficient (Wildman–Crippen LogP) is 4.99. The van der Waals surface area contributed by atoms with Crippen LogP contribution in [-0.2, 0) is 11.3 Å². The molecule has 3 aliphatic rings. The molecule has 0 spiro atoms. The van der Waals surface area contributed by atoms with Crippen LogP contribution in [0, 0.1) is 0 Å². The van der Waals surface area contributed by atoms with Crippen molar-refractivity contribution in [1.82, 2.24) is 19.8 Å². The van der Waals surface area contributed by atoms with Crippen molar-refractivity contribution < 1.29 is 27.8 Å². The molecule has 1 aromatic carbocycles. The highest BCUT2D eigenvalue weighted by atomic mass is 19.3. The van der Waals surface area contributed by atoms with E-state index in [1.165, 1.54) is 13.2 Å². The number of aromatic nitrogens is 2. The Hall–Kier alpha value is -4.16. The van der Waals surface area contributed by atoms with Gasteiger partial charge in [-0.1, -0.05) is 0 Å². The quantitative estimate of drug-likeness (QED) is 0.288. The molecule has 2 atom stereocenters. The molecule has 0 unspecified atom stereocenters. The lowest BCUT2D eigenvalue weighted by atomic mass is 9.96. The Morgan fingerprint density at radius 2 is 1.78 bits per heavy atom. The summed E-state index contributed by atoms with van der Waals surface area (Å²) in [5.41, 5.74) is 2.50. The van der Waals surface area contributed by atoms with Gasteiger partial charge in [0.05, 0.1) is 31.9 Å². The summed E-state index contributed by atoms with van der Waals surface area (Å²) in [6, 6.07) is 10.2. The highest BCUT2D eigenvalue weighted by Crippen LogP contribution is 2.42. The Kier molecular flexibility index (Phi) is 8.68. The number of halogens is 2. The standard InChI is InChI=1S/C34H39F2N5O5/c1-19(20(2)45-3)37-15-21-11-28(33(44)41(16-21)24-7-8-24)31(42)39-30-13-23(12-29(38-30)22-5-6-22)26-10-9-25(46-4)14-27(26)32(43)40-17-34(35,36)18-40/h9-14,16,19-20,22,24,37H,5-8,15,17-18H2,1-4H3,(H,38,39,42)/t19-,20-/m0/s1. The number of rotatable bonds is 12. The van der Waals surface area contributed by atoms with Gasteiger partial charge < -0.3 is 29.6 Å². The van der Waals surface area contributed by atoms with E-state index in [-0.39, 0.29) is 46.6 Å². The maximum Gasteiger partial charge on any atom is 0.282 e. The second-order valence-electron chi connectivity index (χ2n) is 12.6. The van der Waals surface area contributed by atoms with Crippen molar-refractivity contribution in [3.63, 3.8) is 0 Å². The van der Waals surface area contributed by atoms with Crippen LogP contribution in [0.3, 0.4) is 0 Å². The van der Waals surface area contributed by atoms with Crippen LogP contribution in [0.15, 0.2) is 47.4 Å². The summed E-state index contributed by atoms with van der Waals surface area (Å²) < 4.78 is 39.7. The third-order valence-electron chi connectivity index (χ3n) is 8.97. The molecule has 46 heavy (non-hydrogen) atoms. The summed E-state index contributed by atoms with van der Waals surface area (Å²) in [5.74, 6) is -3.18. The van der Waals surface area contributed by atoms with Gasteiger partial charge in [-0.25, -0.2) is 13.8 Å². The Morgan fingerprint density at radius 3 is 2.41 bits per heavy atom. The molecule has 0 radical (unpaired) electrons. The average molecular weight is 636 g/mol. The molecule has 0 bridgehead atoms. The third-order valence-corrected chi connectivity index (χ3v) is 8.97. The maximum atomic E-state index is 13.7. The number of methoxy groups -OCH3 is 2. The van der Waals surface area contributed by atoms with Gasteiger partial charge in [-0.15, -0.1) is 0 Å². The van der Waals surface area contributed by atoms with E-state index in [0.717, 1.165) is 41.8 Å². The van der Waals surface area contributed by atoms with Gasteiger partial charge in [0.1, 0.15) is 17.1 Å². The monoisotopic (exact) mass is 635 g/mol. The number of alkyl halides is 2. The van der Waals surface area contributed by atoms with Crippen LogP contribution in [-0.4, -0.2) is 71.6 Å². The molecule has 3 heterocycles. The number of ether oxygens (including phenoxy) is 2. The largest absolute Gasteiger partial charge is 0.497 e. The number of hydrogen-bond donors (Lipinski definition) is 2. The van der Waals surface area contributed by atoms with Crippen molar-refractivity contribution in [3.05, 3.63) is 75.3 Å². The minimum Gasteiger partial charge on any atom is -0.497 e. The molecule has 6 rings (SSSR count). The smallest absolute Gasteiger partial charge is 0.282 e. The molecule has 2 aliphatic carbocycles. The highest BCUT2D eigenvalue weighted by Gasteiger charge is 2.46. The van der Waals surface area contributed by atoms with Crippen LogP contribution in [0.5, 0.6) is 5.75 Å². The Balaban J connectivity index is 1.32. The van der Waals surface area contributed by atoms with Gasteiger partial charge in [-0.2, -0.15) is 0 Å². The van der Waals surface area contributed by atoms with Crippen molar-refractivity contribution in [1.29, 1.82) is 0 Å². The van der Waals surface area contributed by atoms with E-state index in [4.69, 9.17) is 14.5 Å². The molecule has 1 aliphatic heterocycles. The first-order valence-electron chi connectivity index (χ1n) is 15.7. The number of hydrogen-bond acceptors (Lipinski definition) is 7. The topological polar surface area (TPSA) is 115 Å². The minimum atomic E-state index is -2.91. The molecule has 12 heteroatoms. The lowest BCUT2D eigenvalue weighted by Crippen LogP contribution is -2.58. The molecule has 3 aromatic rings. The Bertz CT molecular complexity index is 1710. The summed E-state index contributed by atoms with van der Waals surface area (Å²) in [6.45, 7) is 3.12. The van der Waals surface area contributed by atoms with Gasteiger partial charge in [0.2, 0.25) is 0 Å². The van der Waals surface area contributed by atoms with Gasteiger partial charge in [0.25, 0.3) is 23.3 Å². The molecule has 1 saturated heterocycles. The van der Waals surface area contributed by atoms with Crippen LogP contribution < -0.4 is 20.9 Å². The second-order valence-corrected chi connectivity index (χ2v) is 12.6. The molecule has 2 saturated carbocycles. The van der Waals surface area contributed by atoms with Crippen LogP contribution in [0.1, 0.15) is 83.5 Å². The van der Waals surface area contributed by atoms with Crippen LogP contribution in [0.2, 0.25) is 0 Å². The zero-order chi connectivity index (χ0) is 32.7. The number of benzene rings is 1. The van der Waals surface area contributed by atoms with E-state index in [1.807, 2.05) is 26.1 Å². The molecule has 2 N–H and O–H groups in total. The summed E-state index contributed by atoms with van der Waals surface area (Å²) in [6.07, 6.45) is 5.41. The van der Waals surface area contributed by atoms with Crippen molar-refractivity contribution in [2.75, 3.05) is 32.6 Å². The van der Waals surface area contributed by atoms with Gasteiger partial charge >= 0.3 is 0 Å². The van der Waals surface area contributed by atoms with E-state index >= 15 is 0 Å². The van der Waals surface area contributed by atoms with Crippen LogP contribution in [0.4, 0.5) is 14.6 Å². The fraction of sp³-hybridized carbons (Fsp3) is 0.471. The first-order valence-corrected chi connectivity index (χ1v) is 15.7. The Morgan fingerprint density at radius 1 is 1.04 bits per heavy atom. The van der Waals surface area contributed by atoms with E-state index in [2.05, 4.69) is 10.6 Å². The van der Waals surface area contributed by atoms with Gasteiger partial charge in [-0.05, 0) is 92.6 Å². The van der Waals surface area contributed by atoms with Crippen LogP contribution >= 0.6 is 0 Å². The molecule has 3 fully saturated rings. The molecular formula is C34H39F2N5O5. The number of carbonyl (C=O) groups is 2. The van der Waals surface area contributed by atoms with E-state index in [1.54, 1.807) is 35.9 Å². The maximum absolute atomic E-state index is 13.7. The van der Waals surface area contributed by atoms with Gasteiger partial charge in [0, 0.05) is 43.5 Å². The summed E-state index contributed by atoms with van der Waals surface area (Å²) >= 11 is 0. The first kappa shape index (κ1) is 31.8. The zero-order valence-corrected chi connectivity index (χ0v) is 26.4. The molecule has 2 amide bonds. The summed E-state index contributed by atoms with van der Waals surface area (Å²) in [7, 11) is 3.12. The van der Waals surface area contributed by atoms with E-state index in [0.29, 0.717) is 23.4 Å². The second kappa shape index (κ2) is 12.6. The molecule has 244 valence electrons. The predicted molar refractivity (Wildman–Crippen MR) is 169 cm³/mol. The van der Waals surface area contributed by atoms with Gasteiger partial charge in [0.15, 0.2) is 0 Å². The van der Waals surface area contributed by atoms with Crippen LogP contribution in [0.25, 0.3) is 11.1 Å². The molecule has 10 nitrogen and oxygen atoms in total. The van der Waals surface area contributed by atoms with E-state index < -0.39 is 30.8 Å². The number of nitrogens with zero attached hydrogens (tertiary/aromatic N) is 3. The average Bonchev–Trinajstić information content (AvgIpc) is 3.95. The lowest BCUT2D eigenvalue weighted by Gasteiger charge is -2.39. The third kappa shape index (κ3) is 6.82. The number of anilines is 1. The van der Waals surface area contributed by atoms with E-state index in [9.17, 15) is 23.2 Å². The fourth-order valence-corrected chi connectivity index (χ4v) is 5.64. The Labute approximate surface area is 266 Å². The fourth-order valence-electron chi connectivity index (χ4n) is 5.64. The molecular weight excluding hydrogens is 596 g/mol. The summed E-state index contributed by atoms with van der Waals surface area (Å²) in [4.78, 5) is 46.4. The number of amides is 2. The number of likely N-dealkylation sites (tertiary alicyclic amines) is 1. The summed E-state index contributed by atoms with van der Waals surface area (Å²) in [5, 5.41) is 6.24. The van der Waals surface area contributed by atoms with Crippen molar-refractivity contribution >= 4 is 17.6 Å². The first-order chi connectivity index (χ1) is 22.0. The number of carbonyl (C=O) groups excluding carboxylic acids is 2. The van der Waals surface area contributed by atoms with Crippen molar-refractivity contribution in [3.8, 4) is 16.9 Å². The highest BCUT2D eigenvalue weighted by molar-refractivity contribution is 6.05. The zero-order valence-electron chi connectivity index (χ0n) is 26.4. The lowest BCUT2D eigenvalue weighted by molar-refractivity contribution is -0.113. The van der Waals surface area contributed by atoms with Gasteiger partial charge in [-0.3, -0.25) is 14.4 Å². The number of nitrogens with one attached hydrogen (secondary N) is 2. The van der Waals surface area contributed by atoms with Crippen molar-refractivity contribution in [2.45, 2.75) is 76.1 Å². The molecule has 2 aromatic heterocycles. The SMILES string of the molecule is COc1ccc(-c2cc(NC(=O)c3cc(CN[C@@H](C)[C@H](C)OC)cn(C4CC4)c3=O)nc(C3CC3)c2)c(C(=O)N2CC(F)(F)C2)c1. The normalized spacial score (nSPS) is 18.4.